The van der Waals surface area contributed by atoms with E-state index in [1.807, 2.05) is 53.2 Å². The van der Waals surface area contributed by atoms with E-state index >= 15 is 0 Å². The van der Waals surface area contributed by atoms with Crippen molar-refractivity contribution >= 4 is 35.0 Å². The van der Waals surface area contributed by atoms with Crippen molar-refractivity contribution in [3.8, 4) is 5.69 Å². The Morgan fingerprint density at radius 1 is 1.13 bits per heavy atom. The van der Waals surface area contributed by atoms with Gasteiger partial charge in [-0.05, 0) is 51.0 Å². The van der Waals surface area contributed by atoms with Gasteiger partial charge in [0.1, 0.15) is 11.4 Å². The largest absolute Gasteiger partial charge is 0.322 e. The Balaban J connectivity index is 1.39. The van der Waals surface area contributed by atoms with E-state index in [1.165, 1.54) is 11.8 Å². The summed E-state index contributed by atoms with van der Waals surface area (Å²) in [4.78, 5) is 32.2. The van der Waals surface area contributed by atoms with E-state index in [1.54, 1.807) is 24.8 Å². The topological polar surface area (TPSA) is 80.1 Å². The van der Waals surface area contributed by atoms with Crippen LogP contribution in [0.15, 0.2) is 59.8 Å². The fourth-order valence-electron chi connectivity index (χ4n) is 3.82. The molecule has 158 valence electrons. The maximum atomic E-state index is 13.3. The summed E-state index contributed by atoms with van der Waals surface area (Å²) >= 11 is 1.31. The molecule has 0 radical (unpaired) electrons. The zero-order valence-electron chi connectivity index (χ0n) is 17.4. The van der Waals surface area contributed by atoms with Crippen LogP contribution in [0.1, 0.15) is 38.4 Å². The molecule has 5 rings (SSSR count). The molecule has 0 bridgehead atoms. The maximum Gasteiger partial charge on any atom is 0.250 e. The average Bonchev–Trinajstić information content (AvgIpc) is 3.52. The maximum absolute atomic E-state index is 13.3. The van der Waals surface area contributed by atoms with E-state index in [4.69, 9.17) is 4.98 Å². The van der Waals surface area contributed by atoms with Crippen molar-refractivity contribution in [2.45, 2.75) is 43.3 Å². The van der Waals surface area contributed by atoms with Crippen molar-refractivity contribution in [1.82, 2.24) is 14.8 Å². The van der Waals surface area contributed by atoms with Crippen molar-refractivity contribution in [2.24, 2.45) is 0 Å². The van der Waals surface area contributed by atoms with Crippen LogP contribution in [0.2, 0.25) is 0 Å². The van der Waals surface area contributed by atoms with Crippen LogP contribution in [0, 0.1) is 0 Å². The van der Waals surface area contributed by atoms with Crippen molar-refractivity contribution in [3.63, 3.8) is 0 Å². The second-order valence-electron chi connectivity index (χ2n) is 8.32. The highest BCUT2D eigenvalue weighted by molar-refractivity contribution is 7.99. The van der Waals surface area contributed by atoms with Gasteiger partial charge >= 0.3 is 0 Å². The lowest BCUT2D eigenvalue weighted by molar-refractivity contribution is -0.125. The third-order valence-corrected chi connectivity index (χ3v) is 6.46. The lowest BCUT2D eigenvalue weighted by Crippen LogP contribution is -2.58. The molecule has 2 aromatic carbocycles. The van der Waals surface area contributed by atoms with Crippen molar-refractivity contribution < 1.29 is 9.59 Å². The molecule has 8 heteroatoms. The summed E-state index contributed by atoms with van der Waals surface area (Å²) in [5.74, 6) is 1.17. The van der Waals surface area contributed by atoms with Crippen molar-refractivity contribution in [3.05, 3.63) is 60.4 Å². The standard InChI is InChI=1S/C23H23N5O2S/c1-23(2)21(30)24-17-10-6-7-11-18(17)27(23)19(29)14-31-22-25-20(15-12-13-15)28(26-22)16-8-4-3-5-9-16/h3-11,15H,12-14H2,1-2H3,(H,24,30). The van der Waals surface area contributed by atoms with Gasteiger partial charge in [0.15, 0.2) is 0 Å². The van der Waals surface area contributed by atoms with E-state index in [9.17, 15) is 9.59 Å². The number of aromatic nitrogens is 3. The predicted molar refractivity (Wildman–Crippen MR) is 121 cm³/mol. The highest BCUT2D eigenvalue weighted by atomic mass is 32.2. The number of hydrogen-bond donors (Lipinski definition) is 1. The summed E-state index contributed by atoms with van der Waals surface area (Å²) in [6.45, 7) is 3.52. The highest BCUT2D eigenvalue weighted by Crippen LogP contribution is 2.41. The third kappa shape index (κ3) is 3.61. The van der Waals surface area contributed by atoms with E-state index in [2.05, 4.69) is 10.4 Å². The Labute approximate surface area is 184 Å². The van der Waals surface area contributed by atoms with Crippen molar-refractivity contribution in [1.29, 1.82) is 0 Å². The fraction of sp³-hybridized carbons (Fsp3) is 0.304. The molecule has 0 saturated heterocycles. The molecular weight excluding hydrogens is 410 g/mol. The number of fused-ring (bicyclic) bond motifs is 1. The van der Waals surface area contributed by atoms with Gasteiger partial charge < -0.3 is 5.32 Å². The summed E-state index contributed by atoms with van der Waals surface area (Å²) in [6, 6.07) is 17.3. The number of carbonyl (C=O) groups excluding carboxylic acids is 2. The summed E-state index contributed by atoms with van der Waals surface area (Å²) in [5.41, 5.74) is 1.34. The number of carbonyl (C=O) groups is 2. The zero-order valence-corrected chi connectivity index (χ0v) is 18.2. The number of hydrogen-bond acceptors (Lipinski definition) is 5. The first-order chi connectivity index (χ1) is 14.9. The lowest BCUT2D eigenvalue weighted by Gasteiger charge is -2.42. The predicted octanol–water partition coefficient (Wildman–Crippen LogP) is 4.00. The molecule has 2 heterocycles. The number of anilines is 2. The van der Waals surface area contributed by atoms with Crippen LogP contribution in [0.5, 0.6) is 0 Å². The molecular formula is C23H23N5O2S. The number of benzene rings is 2. The molecule has 1 fully saturated rings. The zero-order chi connectivity index (χ0) is 21.6. The van der Waals surface area contributed by atoms with Crippen LogP contribution in [0.3, 0.4) is 0 Å². The van der Waals surface area contributed by atoms with Crippen molar-refractivity contribution in [2.75, 3.05) is 16.0 Å². The van der Waals surface area contributed by atoms with E-state index in [0.717, 1.165) is 24.4 Å². The second kappa shape index (κ2) is 7.53. The minimum absolute atomic E-state index is 0.147. The van der Waals surface area contributed by atoms with E-state index in [0.29, 0.717) is 22.4 Å². The van der Waals surface area contributed by atoms with Gasteiger partial charge in [0, 0.05) is 5.92 Å². The van der Waals surface area contributed by atoms with Gasteiger partial charge in [-0.15, -0.1) is 5.10 Å². The minimum Gasteiger partial charge on any atom is -0.322 e. The molecule has 1 aromatic heterocycles. The van der Waals surface area contributed by atoms with E-state index < -0.39 is 5.54 Å². The fourth-order valence-corrected chi connectivity index (χ4v) is 4.50. The third-order valence-electron chi connectivity index (χ3n) is 5.64. The van der Waals surface area contributed by atoms with Crippen LogP contribution < -0.4 is 10.2 Å². The number of nitrogens with zero attached hydrogens (tertiary/aromatic N) is 4. The number of amides is 2. The average molecular weight is 434 g/mol. The Morgan fingerprint density at radius 3 is 2.58 bits per heavy atom. The van der Waals surface area contributed by atoms with Crippen LogP contribution in [-0.2, 0) is 9.59 Å². The van der Waals surface area contributed by atoms with Crippen LogP contribution in [0.4, 0.5) is 11.4 Å². The van der Waals surface area contributed by atoms with Gasteiger partial charge in [0.2, 0.25) is 17.0 Å². The van der Waals surface area contributed by atoms with E-state index in [-0.39, 0.29) is 17.6 Å². The van der Waals surface area contributed by atoms with Gasteiger partial charge in [-0.1, -0.05) is 42.1 Å². The SMILES string of the molecule is CC1(C)C(=O)Nc2ccccc2N1C(=O)CSc1nc(C2CC2)n(-c2ccccc2)n1. The summed E-state index contributed by atoms with van der Waals surface area (Å²) in [7, 11) is 0. The molecule has 0 spiro atoms. The Hall–Kier alpha value is -3.13. The summed E-state index contributed by atoms with van der Waals surface area (Å²) in [5, 5.41) is 8.14. The molecule has 2 aliphatic rings. The quantitative estimate of drug-likeness (QED) is 0.615. The smallest absolute Gasteiger partial charge is 0.250 e. The molecule has 1 N–H and O–H groups in total. The number of thioether (sulfide) groups is 1. The van der Waals surface area contributed by atoms with Crippen LogP contribution in [-0.4, -0.2) is 37.9 Å². The molecule has 2 amide bonds. The molecule has 1 aliphatic carbocycles. The van der Waals surface area contributed by atoms with Gasteiger partial charge in [0.05, 0.1) is 22.8 Å². The number of nitrogens with one attached hydrogen (secondary N) is 1. The molecule has 31 heavy (non-hydrogen) atoms. The van der Waals surface area contributed by atoms with Gasteiger partial charge in [-0.2, -0.15) is 0 Å². The molecule has 0 unspecified atom stereocenters. The monoisotopic (exact) mass is 433 g/mol. The highest BCUT2D eigenvalue weighted by Gasteiger charge is 2.43. The Bertz CT molecular complexity index is 1150. The molecule has 1 saturated carbocycles. The molecule has 0 atom stereocenters. The first-order valence-electron chi connectivity index (χ1n) is 10.3. The number of para-hydroxylation sites is 3. The second-order valence-corrected chi connectivity index (χ2v) is 9.26. The first-order valence-corrected chi connectivity index (χ1v) is 11.3. The summed E-state index contributed by atoms with van der Waals surface area (Å²) in [6.07, 6.45) is 2.23. The molecule has 7 nitrogen and oxygen atoms in total. The summed E-state index contributed by atoms with van der Waals surface area (Å²) < 4.78 is 1.89. The normalized spacial score (nSPS) is 17.2. The number of rotatable bonds is 5. The van der Waals surface area contributed by atoms with Crippen LogP contribution in [0.25, 0.3) is 5.69 Å². The van der Waals surface area contributed by atoms with Crippen LogP contribution >= 0.6 is 11.8 Å². The Morgan fingerprint density at radius 2 is 1.84 bits per heavy atom. The lowest BCUT2D eigenvalue weighted by atomic mass is 9.96. The minimum atomic E-state index is -0.984. The Kier molecular flexibility index (Phi) is 4.81. The van der Waals surface area contributed by atoms with Gasteiger partial charge in [0.25, 0.3) is 0 Å². The molecule has 1 aliphatic heterocycles. The van der Waals surface area contributed by atoms with Gasteiger partial charge in [-0.25, -0.2) is 9.67 Å². The van der Waals surface area contributed by atoms with Gasteiger partial charge in [-0.3, -0.25) is 14.5 Å². The first kappa shape index (κ1) is 19.8. The molecule has 3 aromatic rings.